The zero-order valence-electron chi connectivity index (χ0n) is 13.6. The van der Waals surface area contributed by atoms with Gasteiger partial charge >= 0.3 is 6.03 Å². The molecule has 1 heterocycles. The molecule has 0 spiro atoms. The van der Waals surface area contributed by atoms with Gasteiger partial charge < -0.3 is 15.1 Å². The molecule has 4 nitrogen and oxygen atoms in total. The van der Waals surface area contributed by atoms with Crippen LogP contribution in [0.2, 0.25) is 0 Å². The number of amides is 2. The molecule has 1 saturated heterocycles. The van der Waals surface area contributed by atoms with E-state index in [1.165, 1.54) is 5.56 Å². The number of hydrogen-bond donors (Lipinski definition) is 1. The summed E-state index contributed by atoms with van der Waals surface area (Å²) in [6.45, 7) is 13.3. The van der Waals surface area contributed by atoms with E-state index in [1.807, 2.05) is 17.0 Å². The molecule has 0 unspecified atom stereocenters. The molecule has 1 fully saturated rings. The predicted octanol–water partition coefficient (Wildman–Crippen LogP) is 3.15. The van der Waals surface area contributed by atoms with Crippen molar-refractivity contribution in [2.24, 2.45) is 0 Å². The average molecular weight is 289 g/mol. The molecule has 1 aromatic carbocycles. The smallest absolute Gasteiger partial charge is 0.321 e. The van der Waals surface area contributed by atoms with Crippen molar-refractivity contribution in [2.45, 2.75) is 33.1 Å². The normalized spacial score (nSPS) is 16.9. The second kappa shape index (κ2) is 6.48. The van der Waals surface area contributed by atoms with E-state index in [1.54, 1.807) is 0 Å². The van der Waals surface area contributed by atoms with Gasteiger partial charge in [-0.15, -0.1) is 0 Å². The molecule has 0 aliphatic carbocycles. The molecular weight excluding hydrogens is 262 g/mol. The molecule has 0 bridgehead atoms. The van der Waals surface area contributed by atoms with E-state index in [-0.39, 0.29) is 11.4 Å². The van der Waals surface area contributed by atoms with Crippen LogP contribution in [-0.4, -0.2) is 48.6 Å². The lowest BCUT2D eigenvalue weighted by molar-refractivity contribution is 0.151. The topological polar surface area (TPSA) is 35.6 Å². The summed E-state index contributed by atoms with van der Waals surface area (Å²) < 4.78 is 0. The molecule has 0 aromatic heterocycles. The quantitative estimate of drug-likeness (QED) is 0.908. The minimum absolute atomic E-state index is 0.00858. The maximum Gasteiger partial charge on any atom is 0.321 e. The van der Waals surface area contributed by atoms with E-state index in [0.717, 1.165) is 38.4 Å². The van der Waals surface area contributed by atoms with Gasteiger partial charge in [0.2, 0.25) is 0 Å². The van der Waals surface area contributed by atoms with Crippen LogP contribution in [0, 0.1) is 0 Å². The number of nitrogens with zero attached hydrogens (tertiary/aromatic N) is 2. The maximum absolute atomic E-state index is 12.2. The number of likely N-dealkylation sites (N-methyl/N-ethyl adjacent to an activating group) is 1. The van der Waals surface area contributed by atoms with Crippen LogP contribution in [0.5, 0.6) is 0 Å². The summed E-state index contributed by atoms with van der Waals surface area (Å²) in [4.78, 5) is 16.5. The first-order chi connectivity index (χ1) is 9.90. The van der Waals surface area contributed by atoms with Crippen LogP contribution in [0.4, 0.5) is 10.5 Å². The molecule has 1 aliphatic rings. The molecule has 0 radical (unpaired) electrons. The molecule has 0 atom stereocenters. The van der Waals surface area contributed by atoms with E-state index in [4.69, 9.17) is 0 Å². The van der Waals surface area contributed by atoms with Crippen LogP contribution in [-0.2, 0) is 5.41 Å². The Morgan fingerprint density at radius 1 is 1.10 bits per heavy atom. The first-order valence-corrected chi connectivity index (χ1v) is 7.79. The van der Waals surface area contributed by atoms with Crippen LogP contribution in [0.25, 0.3) is 0 Å². The van der Waals surface area contributed by atoms with E-state index in [9.17, 15) is 4.79 Å². The van der Waals surface area contributed by atoms with Crippen molar-refractivity contribution in [3.63, 3.8) is 0 Å². The Labute approximate surface area is 128 Å². The van der Waals surface area contributed by atoms with Gasteiger partial charge in [0.15, 0.2) is 0 Å². The highest BCUT2D eigenvalue weighted by Gasteiger charge is 2.20. The summed E-state index contributed by atoms with van der Waals surface area (Å²) in [5.41, 5.74) is 2.28. The Morgan fingerprint density at radius 2 is 1.67 bits per heavy atom. The highest BCUT2D eigenvalue weighted by atomic mass is 16.2. The first-order valence-electron chi connectivity index (χ1n) is 7.79. The number of carbonyl (C=O) groups excluding carboxylic acids is 1. The summed E-state index contributed by atoms with van der Waals surface area (Å²) >= 11 is 0. The molecular formula is C17H27N3O. The van der Waals surface area contributed by atoms with E-state index >= 15 is 0 Å². The van der Waals surface area contributed by atoms with Crippen LogP contribution in [0.3, 0.4) is 0 Å². The van der Waals surface area contributed by atoms with Crippen molar-refractivity contribution in [1.29, 1.82) is 0 Å². The highest BCUT2D eigenvalue weighted by molar-refractivity contribution is 5.89. The molecule has 2 amide bonds. The average Bonchev–Trinajstić information content (AvgIpc) is 2.47. The molecule has 4 heteroatoms. The summed E-state index contributed by atoms with van der Waals surface area (Å²) in [5, 5.41) is 2.99. The lowest BCUT2D eigenvalue weighted by Crippen LogP contribution is -2.49. The lowest BCUT2D eigenvalue weighted by atomic mass is 9.87. The molecule has 21 heavy (non-hydrogen) atoms. The third kappa shape index (κ3) is 4.21. The van der Waals surface area contributed by atoms with Crippen LogP contribution in [0.1, 0.15) is 33.3 Å². The number of hydrogen-bond acceptors (Lipinski definition) is 2. The number of nitrogens with one attached hydrogen (secondary N) is 1. The zero-order valence-corrected chi connectivity index (χ0v) is 13.6. The third-order valence-corrected chi connectivity index (χ3v) is 4.11. The standard InChI is InChI=1S/C17H27N3O/c1-5-19-10-12-20(13-11-19)16(21)18-15-8-6-14(7-9-15)17(2,3)4/h6-9H,5,10-13H2,1-4H3,(H,18,21). The van der Waals surface area contributed by atoms with Crippen LogP contribution in [0.15, 0.2) is 24.3 Å². The lowest BCUT2D eigenvalue weighted by Gasteiger charge is -2.34. The second-order valence-corrected chi connectivity index (χ2v) is 6.68. The molecule has 1 aliphatic heterocycles. The Morgan fingerprint density at radius 3 is 2.14 bits per heavy atom. The van der Waals surface area contributed by atoms with E-state index in [2.05, 4.69) is 50.0 Å². The second-order valence-electron chi connectivity index (χ2n) is 6.68. The van der Waals surface area contributed by atoms with Gasteiger partial charge in [0, 0.05) is 31.9 Å². The number of piperazine rings is 1. The van der Waals surface area contributed by atoms with Crippen molar-refractivity contribution in [2.75, 3.05) is 38.0 Å². The fourth-order valence-corrected chi connectivity index (χ4v) is 2.52. The van der Waals surface area contributed by atoms with Gasteiger partial charge in [-0.05, 0) is 29.7 Å². The summed E-state index contributed by atoms with van der Waals surface area (Å²) in [7, 11) is 0. The van der Waals surface area contributed by atoms with Crippen molar-refractivity contribution in [3.8, 4) is 0 Å². The van der Waals surface area contributed by atoms with Gasteiger partial charge in [-0.25, -0.2) is 4.79 Å². The SMILES string of the molecule is CCN1CCN(C(=O)Nc2ccc(C(C)(C)C)cc2)CC1. The van der Waals surface area contributed by atoms with E-state index in [0.29, 0.717) is 0 Å². The molecule has 0 saturated carbocycles. The molecule has 1 aromatic rings. The fourth-order valence-electron chi connectivity index (χ4n) is 2.52. The number of rotatable bonds is 2. The monoisotopic (exact) mass is 289 g/mol. The highest BCUT2D eigenvalue weighted by Crippen LogP contribution is 2.23. The van der Waals surface area contributed by atoms with Crippen molar-refractivity contribution >= 4 is 11.7 Å². The molecule has 2 rings (SSSR count). The minimum Gasteiger partial charge on any atom is -0.322 e. The third-order valence-electron chi connectivity index (χ3n) is 4.11. The van der Waals surface area contributed by atoms with Crippen LogP contribution >= 0.6 is 0 Å². The van der Waals surface area contributed by atoms with Crippen molar-refractivity contribution in [3.05, 3.63) is 29.8 Å². The summed E-state index contributed by atoms with van der Waals surface area (Å²) in [6, 6.07) is 8.16. The van der Waals surface area contributed by atoms with E-state index < -0.39 is 0 Å². The Balaban J connectivity index is 1.91. The Kier molecular flexibility index (Phi) is 4.88. The number of urea groups is 1. The van der Waals surface area contributed by atoms with Gasteiger partial charge in [0.1, 0.15) is 0 Å². The maximum atomic E-state index is 12.2. The number of benzene rings is 1. The number of carbonyl (C=O) groups is 1. The summed E-state index contributed by atoms with van der Waals surface area (Å²) in [5.74, 6) is 0. The predicted molar refractivity (Wildman–Crippen MR) is 87.8 cm³/mol. The van der Waals surface area contributed by atoms with Crippen molar-refractivity contribution in [1.82, 2.24) is 9.80 Å². The zero-order chi connectivity index (χ0) is 15.5. The van der Waals surface area contributed by atoms with Gasteiger partial charge in [-0.3, -0.25) is 0 Å². The van der Waals surface area contributed by atoms with Gasteiger partial charge in [0.05, 0.1) is 0 Å². The molecule has 116 valence electrons. The Hall–Kier alpha value is -1.55. The molecule has 1 N–H and O–H groups in total. The fraction of sp³-hybridized carbons (Fsp3) is 0.588. The van der Waals surface area contributed by atoms with Crippen molar-refractivity contribution < 1.29 is 4.79 Å². The van der Waals surface area contributed by atoms with Gasteiger partial charge in [-0.1, -0.05) is 39.8 Å². The Bertz CT molecular complexity index is 468. The van der Waals surface area contributed by atoms with Crippen LogP contribution < -0.4 is 5.32 Å². The minimum atomic E-state index is 0.00858. The largest absolute Gasteiger partial charge is 0.322 e. The van der Waals surface area contributed by atoms with Gasteiger partial charge in [-0.2, -0.15) is 0 Å². The first kappa shape index (κ1) is 15.8. The van der Waals surface area contributed by atoms with Gasteiger partial charge in [0.25, 0.3) is 0 Å². The number of anilines is 1. The summed E-state index contributed by atoms with van der Waals surface area (Å²) in [6.07, 6.45) is 0.